The Kier molecular flexibility index (Phi) is 4.71. The average Bonchev–Trinajstić information content (AvgIpc) is 3.24. The van der Waals surface area contributed by atoms with Crippen LogP contribution in [-0.4, -0.2) is 53.0 Å². The van der Waals surface area contributed by atoms with E-state index in [0.717, 1.165) is 60.2 Å². The van der Waals surface area contributed by atoms with Crippen LogP contribution < -0.4 is 14.5 Å². The molecule has 0 radical (unpaired) electrons. The number of hydrogen-bond donors (Lipinski definition) is 0. The number of nitrogens with zero attached hydrogens (tertiary/aromatic N) is 6. The van der Waals surface area contributed by atoms with Crippen molar-refractivity contribution in [1.82, 2.24) is 19.7 Å². The number of fused-ring (bicyclic) bond motifs is 1. The number of hydrogen-bond acceptors (Lipinski definition) is 6. The third kappa shape index (κ3) is 3.22. The third-order valence-corrected chi connectivity index (χ3v) is 5.63. The van der Waals surface area contributed by atoms with Gasteiger partial charge in [-0.05, 0) is 31.2 Å². The molecule has 0 atom stereocenters. The average molecular weight is 400 g/mol. The first kappa shape index (κ1) is 18.4. The molecule has 7 heteroatoms. The molecule has 0 unspecified atom stereocenters. The number of aryl methyl sites for hydroxylation is 1. The summed E-state index contributed by atoms with van der Waals surface area (Å²) in [6, 6.07) is 16.5. The summed E-state index contributed by atoms with van der Waals surface area (Å²) in [5.41, 5.74) is 4.19. The van der Waals surface area contributed by atoms with Gasteiger partial charge in [-0.2, -0.15) is 5.10 Å². The van der Waals surface area contributed by atoms with Gasteiger partial charge in [0.15, 0.2) is 5.65 Å². The van der Waals surface area contributed by atoms with Crippen LogP contribution in [0.25, 0.3) is 16.7 Å². The molecule has 1 aliphatic rings. The lowest BCUT2D eigenvalue weighted by Crippen LogP contribution is -2.47. The van der Waals surface area contributed by atoms with Gasteiger partial charge >= 0.3 is 0 Å². The lowest BCUT2D eigenvalue weighted by atomic mass is 10.2. The molecule has 0 bridgehead atoms. The van der Waals surface area contributed by atoms with Crippen LogP contribution in [0.1, 0.15) is 5.56 Å². The lowest BCUT2D eigenvalue weighted by molar-refractivity contribution is 0.413. The number of anilines is 2. The number of aromatic nitrogens is 4. The second kappa shape index (κ2) is 7.67. The fourth-order valence-electron chi connectivity index (χ4n) is 4.01. The molecule has 0 amide bonds. The molecule has 2 aromatic carbocycles. The molecule has 4 aromatic rings. The fourth-order valence-corrected chi connectivity index (χ4v) is 4.01. The van der Waals surface area contributed by atoms with Crippen molar-refractivity contribution in [2.75, 3.05) is 43.1 Å². The smallest absolute Gasteiger partial charge is 0.168 e. The SMILES string of the molecule is COc1ccccc1N1CCN(c2ncnc3c2cnn3-c2ccc(C)cc2)CC1. The minimum Gasteiger partial charge on any atom is -0.495 e. The van der Waals surface area contributed by atoms with E-state index in [1.54, 1.807) is 13.4 Å². The summed E-state index contributed by atoms with van der Waals surface area (Å²) in [6.45, 7) is 5.63. The molecule has 1 saturated heterocycles. The molecule has 0 N–H and O–H groups in total. The van der Waals surface area contributed by atoms with E-state index < -0.39 is 0 Å². The van der Waals surface area contributed by atoms with Gasteiger partial charge in [-0.15, -0.1) is 0 Å². The van der Waals surface area contributed by atoms with Gasteiger partial charge in [-0.3, -0.25) is 0 Å². The van der Waals surface area contributed by atoms with E-state index in [1.807, 2.05) is 23.0 Å². The van der Waals surface area contributed by atoms with Gasteiger partial charge in [0.05, 0.1) is 30.1 Å². The Hall–Kier alpha value is -3.61. The summed E-state index contributed by atoms with van der Waals surface area (Å²) >= 11 is 0. The van der Waals surface area contributed by atoms with Crippen LogP contribution in [0.3, 0.4) is 0 Å². The van der Waals surface area contributed by atoms with E-state index in [2.05, 4.69) is 68.2 Å². The minimum atomic E-state index is 0.830. The van der Waals surface area contributed by atoms with Gasteiger partial charge in [0.25, 0.3) is 0 Å². The molecule has 0 aliphatic carbocycles. The molecule has 1 aliphatic heterocycles. The van der Waals surface area contributed by atoms with Crippen molar-refractivity contribution in [3.05, 3.63) is 66.6 Å². The largest absolute Gasteiger partial charge is 0.495 e. The van der Waals surface area contributed by atoms with Gasteiger partial charge < -0.3 is 14.5 Å². The first-order chi connectivity index (χ1) is 14.7. The lowest BCUT2D eigenvalue weighted by Gasteiger charge is -2.37. The summed E-state index contributed by atoms with van der Waals surface area (Å²) in [4.78, 5) is 13.8. The molecular weight excluding hydrogens is 376 g/mol. The van der Waals surface area contributed by atoms with E-state index in [0.29, 0.717) is 0 Å². The number of ether oxygens (including phenoxy) is 1. The topological polar surface area (TPSA) is 59.3 Å². The van der Waals surface area contributed by atoms with Crippen molar-refractivity contribution in [2.24, 2.45) is 0 Å². The molecule has 2 aromatic heterocycles. The third-order valence-electron chi connectivity index (χ3n) is 5.63. The number of piperazine rings is 1. The highest BCUT2D eigenvalue weighted by Crippen LogP contribution is 2.30. The van der Waals surface area contributed by atoms with Crippen molar-refractivity contribution in [2.45, 2.75) is 6.92 Å². The molecule has 1 fully saturated rings. The molecular formula is C23H24N6O. The van der Waals surface area contributed by atoms with Crippen LogP contribution in [0.2, 0.25) is 0 Å². The maximum absolute atomic E-state index is 5.53. The van der Waals surface area contributed by atoms with Crippen molar-refractivity contribution in [1.29, 1.82) is 0 Å². The zero-order valence-corrected chi connectivity index (χ0v) is 17.2. The zero-order chi connectivity index (χ0) is 20.5. The molecule has 3 heterocycles. The van der Waals surface area contributed by atoms with Crippen LogP contribution in [-0.2, 0) is 0 Å². The van der Waals surface area contributed by atoms with E-state index in [9.17, 15) is 0 Å². The van der Waals surface area contributed by atoms with Crippen molar-refractivity contribution < 1.29 is 4.74 Å². The molecule has 30 heavy (non-hydrogen) atoms. The monoisotopic (exact) mass is 400 g/mol. The molecule has 0 spiro atoms. The van der Waals surface area contributed by atoms with Crippen LogP contribution in [0.4, 0.5) is 11.5 Å². The van der Waals surface area contributed by atoms with Crippen LogP contribution in [0.15, 0.2) is 61.1 Å². The molecule has 0 saturated carbocycles. The summed E-state index contributed by atoms with van der Waals surface area (Å²) in [7, 11) is 1.72. The first-order valence-electron chi connectivity index (χ1n) is 10.1. The Labute approximate surface area is 175 Å². The van der Waals surface area contributed by atoms with Gasteiger partial charge in [0.2, 0.25) is 0 Å². The van der Waals surface area contributed by atoms with E-state index in [-0.39, 0.29) is 0 Å². The fraction of sp³-hybridized carbons (Fsp3) is 0.261. The van der Waals surface area contributed by atoms with Gasteiger partial charge in [0.1, 0.15) is 17.9 Å². The van der Waals surface area contributed by atoms with Crippen LogP contribution >= 0.6 is 0 Å². The summed E-state index contributed by atoms with van der Waals surface area (Å²) < 4.78 is 7.41. The van der Waals surface area contributed by atoms with Gasteiger partial charge in [-0.1, -0.05) is 29.8 Å². The highest BCUT2D eigenvalue weighted by Gasteiger charge is 2.23. The quantitative estimate of drug-likeness (QED) is 0.523. The van der Waals surface area contributed by atoms with Crippen molar-refractivity contribution in [3.63, 3.8) is 0 Å². The molecule has 5 rings (SSSR count). The standard InChI is InChI=1S/C23H24N6O/c1-17-7-9-18(10-8-17)29-23-19(15-26-29)22(24-16-25-23)28-13-11-27(12-14-28)20-5-3-4-6-21(20)30-2/h3-10,15-16H,11-14H2,1-2H3. The predicted molar refractivity (Wildman–Crippen MR) is 119 cm³/mol. The summed E-state index contributed by atoms with van der Waals surface area (Å²) in [5.74, 6) is 1.85. The van der Waals surface area contributed by atoms with Crippen LogP contribution in [0, 0.1) is 6.92 Å². The number of rotatable bonds is 4. The second-order valence-electron chi connectivity index (χ2n) is 7.47. The normalized spacial score (nSPS) is 14.3. The molecule has 152 valence electrons. The zero-order valence-electron chi connectivity index (χ0n) is 17.2. The Morgan fingerprint density at radius 1 is 0.867 bits per heavy atom. The summed E-state index contributed by atoms with van der Waals surface area (Å²) in [6.07, 6.45) is 3.51. The van der Waals surface area contributed by atoms with E-state index in [1.165, 1.54) is 5.56 Å². The molecule has 7 nitrogen and oxygen atoms in total. The Bertz CT molecular complexity index is 1160. The second-order valence-corrected chi connectivity index (χ2v) is 7.47. The van der Waals surface area contributed by atoms with Crippen molar-refractivity contribution in [3.8, 4) is 11.4 Å². The predicted octanol–water partition coefficient (Wildman–Crippen LogP) is 3.46. The number of para-hydroxylation sites is 2. The van der Waals surface area contributed by atoms with Gasteiger partial charge in [0, 0.05) is 26.2 Å². The maximum Gasteiger partial charge on any atom is 0.168 e. The van der Waals surface area contributed by atoms with E-state index >= 15 is 0 Å². The maximum atomic E-state index is 5.53. The Morgan fingerprint density at radius 3 is 2.37 bits per heavy atom. The first-order valence-corrected chi connectivity index (χ1v) is 10.1. The van der Waals surface area contributed by atoms with E-state index in [4.69, 9.17) is 4.74 Å². The number of benzene rings is 2. The summed E-state index contributed by atoms with van der Waals surface area (Å²) in [5, 5.41) is 5.57. The van der Waals surface area contributed by atoms with Crippen molar-refractivity contribution >= 4 is 22.5 Å². The number of methoxy groups -OCH3 is 1. The van der Waals surface area contributed by atoms with Crippen LogP contribution in [0.5, 0.6) is 5.75 Å². The Morgan fingerprint density at radius 2 is 1.60 bits per heavy atom. The highest BCUT2D eigenvalue weighted by molar-refractivity contribution is 5.87. The highest BCUT2D eigenvalue weighted by atomic mass is 16.5. The minimum absolute atomic E-state index is 0.830. The van der Waals surface area contributed by atoms with Gasteiger partial charge in [-0.25, -0.2) is 14.6 Å². The Balaban J connectivity index is 1.40.